The molecule has 0 radical (unpaired) electrons. The van der Waals surface area contributed by atoms with Gasteiger partial charge in [0.05, 0.1) is 18.3 Å². The summed E-state index contributed by atoms with van der Waals surface area (Å²) in [6, 6.07) is 3.77. The first-order valence-electron chi connectivity index (χ1n) is 3.79. The molecule has 13 heavy (non-hydrogen) atoms. The number of pyridine rings is 1. The Morgan fingerprint density at radius 2 is 2.23 bits per heavy atom. The first-order chi connectivity index (χ1) is 6.40. The monoisotopic (exact) mass is 192 g/mol. The van der Waals surface area contributed by atoms with Crippen LogP contribution in [0.3, 0.4) is 0 Å². The number of rotatable bonds is 2. The van der Waals surface area contributed by atoms with Gasteiger partial charge in [-0.15, -0.1) is 11.3 Å². The van der Waals surface area contributed by atoms with Crippen molar-refractivity contribution in [3.63, 3.8) is 0 Å². The predicted molar refractivity (Wildman–Crippen MR) is 51.9 cm³/mol. The highest BCUT2D eigenvalue weighted by atomic mass is 32.1. The minimum atomic E-state index is 0.624. The molecule has 0 atom stereocenters. The lowest BCUT2D eigenvalue weighted by Crippen LogP contribution is -1.86. The van der Waals surface area contributed by atoms with E-state index in [1.54, 1.807) is 30.2 Å². The summed E-state index contributed by atoms with van der Waals surface area (Å²) in [6.45, 7) is 0. The lowest BCUT2D eigenvalue weighted by Gasteiger charge is -1.98. The van der Waals surface area contributed by atoms with Gasteiger partial charge < -0.3 is 4.74 Å². The standard InChI is InChI=1S/C9H8N2OS/c1-12-9-3-2-7(4-10-9)8-5-13-6-11-8/h2-6H,1H3. The molecule has 0 aromatic carbocycles. The predicted octanol–water partition coefficient (Wildman–Crippen LogP) is 2.21. The summed E-state index contributed by atoms with van der Waals surface area (Å²) < 4.78 is 4.96. The molecule has 4 heteroatoms. The fourth-order valence-corrected chi connectivity index (χ4v) is 1.57. The van der Waals surface area contributed by atoms with E-state index in [2.05, 4.69) is 9.97 Å². The Morgan fingerprint density at radius 3 is 2.77 bits per heavy atom. The van der Waals surface area contributed by atoms with Crippen LogP contribution in [0.5, 0.6) is 5.88 Å². The molecule has 0 aliphatic carbocycles. The number of methoxy groups -OCH3 is 1. The molecule has 2 rings (SSSR count). The Hall–Kier alpha value is -1.42. The van der Waals surface area contributed by atoms with Crippen LogP contribution in [0.1, 0.15) is 0 Å². The van der Waals surface area contributed by atoms with E-state index in [0.29, 0.717) is 5.88 Å². The molecule has 0 N–H and O–H groups in total. The van der Waals surface area contributed by atoms with Gasteiger partial charge in [0.1, 0.15) is 0 Å². The Bertz CT molecular complexity index is 369. The second-order valence-electron chi connectivity index (χ2n) is 2.46. The molecule has 2 aromatic rings. The van der Waals surface area contributed by atoms with Gasteiger partial charge in [-0.1, -0.05) is 0 Å². The van der Waals surface area contributed by atoms with E-state index in [0.717, 1.165) is 11.3 Å². The molecule has 0 amide bonds. The molecule has 0 saturated heterocycles. The molecule has 0 bridgehead atoms. The molecule has 2 aromatic heterocycles. The molecular formula is C9H8N2OS. The second-order valence-corrected chi connectivity index (χ2v) is 3.18. The zero-order valence-electron chi connectivity index (χ0n) is 7.10. The number of aromatic nitrogens is 2. The largest absolute Gasteiger partial charge is 0.481 e. The van der Waals surface area contributed by atoms with E-state index in [-0.39, 0.29) is 0 Å². The van der Waals surface area contributed by atoms with Gasteiger partial charge in [-0.2, -0.15) is 0 Å². The first kappa shape index (κ1) is 8.19. The van der Waals surface area contributed by atoms with Gasteiger partial charge >= 0.3 is 0 Å². The molecule has 2 heterocycles. The van der Waals surface area contributed by atoms with Crippen molar-refractivity contribution in [2.75, 3.05) is 7.11 Å². The van der Waals surface area contributed by atoms with Gasteiger partial charge in [0.15, 0.2) is 0 Å². The maximum atomic E-state index is 4.96. The topological polar surface area (TPSA) is 35.0 Å². The lowest BCUT2D eigenvalue weighted by atomic mass is 10.2. The van der Waals surface area contributed by atoms with Gasteiger partial charge in [-0.3, -0.25) is 0 Å². The third-order valence-electron chi connectivity index (χ3n) is 1.67. The van der Waals surface area contributed by atoms with Gasteiger partial charge in [0.25, 0.3) is 0 Å². The number of hydrogen-bond acceptors (Lipinski definition) is 4. The van der Waals surface area contributed by atoms with Crippen molar-refractivity contribution in [2.24, 2.45) is 0 Å². The number of hydrogen-bond donors (Lipinski definition) is 0. The van der Waals surface area contributed by atoms with Crippen LogP contribution in [0, 0.1) is 0 Å². The zero-order valence-corrected chi connectivity index (χ0v) is 7.91. The van der Waals surface area contributed by atoms with E-state index >= 15 is 0 Å². The summed E-state index contributed by atoms with van der Waals surface area (Å²) in [4.78, 5) is 8.28. The Balaban J connectivity index is 2.33. The minimum absolute atomic E-state index is 0.624. The molecular weight excluding hydrogens is 184 g/mol. The highest BCUT2D eigenvalue weighted by molar-refractivity contribution is 7.07. The van der Waals surface area contributed by atoms with Crippen molar-refractivity contribution < 1.29 is 4.74 Å². The summed E-state index contributed by atoms with van der Waals surface area (Å²) in [5.41, 5.74) is 3.78. The Labute approximate surface area is 80.0 Å². The quantitative estimate of drug-likeness (QED) is 0.731. The van der Waals surface area contributed by atoms with Crippen LogP contribution in [0.2, 0.25) is 0 Å². The van der Waals surface area contributed by atoms with Crippen LogP contribution in [0.25, 0.3) is 11.3 Å². The van der Waals surface area contributed by atoms with E-state index in [4.69, 9.17) is 4.74 Å². The smallest absolute Gasteiger partial charge is 0.212 e. The summed E-state index contributed by atoms with van der Waals surface area (Å²) in [5.74, 6) is 0.624. The van der Waals surface area contributed by atoms with E-state index in [1.165, 1.54) is 0 Å². The molecule has 0 unspecified atom stereocenters. The fourth-order valence-electron chi connectivity index (χ4n) is 1.01. The molecule has 0 aliphatic heterocycles. The summed E-state index contributed by atoms with van der Waals surface area (Å²) >= 11 is 1.57. The van der Waals surface area contributed by atoms with Crippen LogP contribution < -0.4 is 4.74 Å². The van der Waals surface area contributed by atoms with Crippen molar-refractivity contribution in [1.29, 1.82) is 0 Å². The second kappa shape index (κ2) is 3.53. The SMILES string of the molecule is COc1ccc(-c2cscn2)cn1. The van der Waals surface area contributed by atoms with Crippen LogP contribution in [0.4, 0.5) is 0 Å². The molecule has 0 saturated carbocycles. The Morgan fingerprint density at radius 1 is 1.31 bits per heavy atom. The number of thiazole rings is 1. The lowest BCUT2D eigenvalue weighted by molar-refractivity contribution is 0.398. The normalized spacial score (nSPS) is 9.92. The van der Waals surface area contributed by atoms with Crippen LogP contribution in [-0.2, 0) is 0 Å². The third kappa shape index (κ3) is 1.67. The van der Waals surface area contributed by atoms with Crippen molar-refractivity contribution >= 4 is 11.3 Å². The Kier molecular flexibility index (Phi) is 2.23. The summed E-state index contributed by atoms with van der Waals surface area (Å²) in [7, 11) is 1.60. The summed E-state index contributed by atoms with van der Waals surface area (Å²) in [5, 5.41) is 1.99. The average molecular weight is 192 g/mol. The van der Waals surface area contributed by atoms with E-state index in [1.807, 2.05) is 17.5 Å². The van der Waals surface area contributed by atoms with Crippen LogP contribution in [-0.4, -0.2) is 17.1 Å². The maximum Gasteiger partial charge on any atom is 0.212 e. The molecule has 0 spiro atoms. The molecule has 0 fully saturated rings. The van der Waals surface area contributed by atoms with E-state index < -0.39 is 0 Å². The fraction of sp³-hybridized carbons (Fsp3) is 0.111. The van der Waals surface area contributed by atoms with Crippen LogP contribution in [0.15, 0.2) is 29.2 Å². The first-order valence-corrected chi connectivity index (χ1v) is 4.73. The van der Waals surface area contributed by atoms with Crippen molar-refractivity contribution in [3.05, 3.63) is 29.2 Å². The number of nitrogens with zero attached hydrogens (tertiary/aromatic N) is 2. The molecule has 0 aliphatic rings. The van der Waals surface area contributed by atoms with Crippen LogP contribution >= 0.6 is 11.3 Å². The third-order valence-corrected chi connectivity index (χ3v) is 2.26. The van der Waals surface area contributed by atoms with Gasteiger partial charge in [-0.25, -0.2) is 9.97 Å². The van der Waals surface area contributed by atoms with Crippen molar-refractivity contribution in [3.8, 4) is 17.1 Å². The highest BCUT2D eigenvalue weighted by Crippen LogP contribution is 2.19. The minimum Gasteiger partial charge on any atom is -0.481 e. The molecule has 3 nitrogen and oxygen atoms in total. The number of ether oxygens (including phenoxy) is 1. The van der Waals surface area contributed by atoms with Gasteiger partial charge in [0.2, 0.25) is 5.88 Å². The van der Waals surface area contributed by atoms with Crippen molar-refractivity contribution in [2.45, 2.75) is 0 Å². The summed E-state index contributed by atoms with van der Waals surface area (Å²) in [6.07, 6.45) is 1.76. The van der Waals surface area contributed by atoms with E-state index in [9.17, 15) is 0 Å². The van der Waals surface area contributed by atoms with Gasteiger partial charge in [0, 0.05) is 23.2 Å². The maximum absolute atomic E-state index is 4.96. The zero-order chi connectivity index (χ0) is 9.10. The van der Waals surface area contributed by atoms with Crippen molar-refractivity contribution in [1.82, 2.24) is 9.97 Å². The van der Waals surface area contributed by atoms with Gasteiger partial charge in [-0.05, 0) is 6.07 Å². The molecule has 66 valence electrons. The average Bonchev–Trinajstić information content (AvgIpc) is 2.71. The highest BCUT2D eigenvalue weighted by Gasteiger charge is 1.99.